The van der Waals surface area contributed by atoms with E-state index in [1.165, 1.54) is 4.90 Å². The molecule has 2 aromatic carbocycles. The van der Waals surface area contributed by atoms with E-state index in [1.54, 1.807) is 47.4 Å². The summed E-state index contributed by atoms with van der Waals surface area (Å²) in [4.78, 5) is 45.6. The number of carbonyl (C=O) groups excluding carboxylic acids is 3. The molecule has 2 aromatic rings. The summed E-state index contributed by atoms with van der Waals surface area (Å²) in [5.74, 6) is -1.85. The SMILES string of the molecule is CCOc1ccc(C(O)=C2C(=O)C(=O)N(CCN(C)C)C23C(=O)N(CC)c2ccccc23)cc1. The molecule has 2 aliphatic heterocycles. The van der Waals surface area contributed by atoms with Crippen LogP contribution in [0.3, 0.4) is 0 Å². The number of ketones is 1. The average molecular weight is 464 g/mol. The maximum Gasteiger partial charge on any atom is 0.296 e. The van der Waals surface area contributed by atoms with Gasteiger partial charge in [0.05, 0.1) is 17.9 Å². The van der Waals surface area contributed by atoms with Crippen LogP contribution >= 0.6 is 0 Å². The third kappa shape index (κ3) is 3.37. The minimum absolute atomic E-state index is 0.148. The lowest BCUT2D eigenvalue weighted by molar-refractivity contribution is -0.143. The Morgan fingerprint density at radius 1 is 1.03 bits per heavy atom. The number of nitrogens with zero attached hydrogens (tertiary/aromatic N) is 3. The van der Waals surface area contributed by atoms with Crippen LogP contribution < -0.4 is 9.64 Å². The molecule has 178 valence electrons. The van der Waals surface area contributed by atoms with Crippen molar-refractivity contribution in [3.8, 4) is 5.75 Å². The number of fused-ring (bicyclic) bond motifs is 2. The van der Waals surface area contributed by atoms with Gasteiger partial charge >= 0.3 is 0 Å². The number of carbonyl (C=O) groups is 3. The van der Waals surface area contributed by atoms with Crippen LogP contribution in [0.5, 0.6) is 5.75 Å². The highest BCUT2D eigenvalue weighted by Crippen LogP contribution is 2.53. The first-order chi connectivity index (χ1) is 16.3. The minimum atomic E-state index is -1.72. The van der Waals surface area contributed by atoms with Crippen molar-refractivity contribution in [2.45, 2.75) is 19.4 Å². The van der Waals surface area contributed by atoms with Gasteiger partial charge in [-0.05, 0) is 58.3 Å². The van der Waals surface area contributed by atoms with Gasteiger partial charge in [0.2, 0.25) is 0 Å². The maximum atomic E-state index is 14.1. The van der Waals surface area contributed by atoms with Crippen LogP contribution in [-0.4, -0.2) is 72.8 Å². The zero-order chi connectivity index (χ0) is 24.6. The molecule has 1 saturated heterocycles. The Hall–Kier alpha value is -3.65. The van der Waals surface area contributed by atoms with E-state index in [9.17, 15) is 19.5 Å². The summed E-state index contributed by atoms with van der Waals surface area (Å²) in [6.07, 6.45) is 0. The first-order valence-corrected chi connectivity index (χ1v) is 11.4. The van der Waals surface area contributed by atoms with Gasteiger partial charge in [-0.15, -0.1) is 0 Å². The van der Waals surface area contributed by atoms with Crippen molar-refractivity contribution in [1.82, 2.24) is 9.80 Å². The summed E-state index contributed by atoms with van der Waals surface area (Å²) in [7, 11) is 3.71. The van der Waals surface area contributed by atoms with Gasteiger partial charge in [0.25, 0.3) is 17.6 Å². The molecular formula is C26H29N3O5. The number of likely N-dealkylation sites (N-methyl/N-ethyl adjacent to an activating group) is 2. The number of hydrogen-bond acceptors (Lipinski definition) is 6. The molecule has 2 heterocycles. The molecule has 1 atom stereocenters. The maximum absolute atomic E-state index is 14.1. The molecule has 34 heavy (non-hydrogen) atoms. The van der Waals surface area contributed by atoms with Gasteiger partial charge in [-0.3, -0.25) is 14.4 Å². The van der Waals surface area contributed by atoms with Crippen LogP contribution in [0.15, 0.2) is 54.1 Å². The van der Waals surface area contributed by atoms with Gasteiger partial charge in [-0.25, -0.2) is 0 Å². The molecule has 1 N–H and O–H groups in total. The second-order valence-corrected chi connectivity index (χ2v) is 8.55. The van der Waals surface area contributed by atoms with Gasteiger partial charge in [0.15, 0.2) is 5.54 Å². The zero-order valence-corrected chi connectivity index (χ0v) is 19.9. The second-order valence-electron chi connectivity index (χ2n) is 8.55. The van der Waals surface area contributed by atoms with E-state index in [1.807, 2.05) is 38.9 Å². The number of aliphatic hydroxyl groups is 1. The van der Waals surface area contributed by atoms with Crippen molar-refractivity contribution in [2.75, 3.05) is 45.2 Å². The standard InChI is InChI=1S/C26H29N3O5/c1-5-28-20-10-8-7-9-19(20)26(25(28)33)21(23(31)24(32)29(26)16-15-27(3)4)22(30)17-11-13-18(14-12-17)34-6-2/h7-14,30H,5-6,15-16H2,1-4H3. The fourth-order valence-corrected chi connectivity index (χ4v) is 4.80. The molecule has 0 aromatic heterocycles. The number of likely N-dealkylation sites (tertiary alicyclic amines) is 1. The fourth-order valence-electron chi connectivity index (χ4n) is 4.80. The normalized spacial score (nSPS) is 21.1. The quantitative estimate of drug-likeness (QED) is 0.386. The third-order valence-corrected chi connectivity index (χ3v) is 6.34. The summed E-state index contributed by atoms with van der Waals surface area (Å²) in [5.41, 5.74) is -0.446. The highest BCUT2D eigenvalue weighted by atomic mass is 16.5. The Bertz CT molecular complexity index is 1170. The van der Waals surface area contributed by atoms with Crippen molar-refractivity contribution < 1.29 is 24.2 Å². The van der Waals surface area contributed by atoms with Gasteiger partial charge in [0.1, 0.15) is 11.5 Å². The van der Waals surface area contributed by atoms with E-state index < -0.39 is 23.1 Å². The smallest absolute Gasteiger partial charge is 0.296 e. The third-order valence-electron chi connectivity index (χ3n) is 6.34. The van der Waals surface area contributed by atoms with Crippen molar-refractivity contribution in [3.05, 3.63) is 65.2 Å². The largest absolute Gasteiger partial charge is 0.507 e. The molecule has 8 heteroatoms. The van der Waals surface area contributed by atoms with E-state index in [2.05, 4.69) is 0 Å². The average Bonchev–Trinajstić information content (AvgIpc) is 3.20. The van der Waals surface area contributed by atoms with Gasteiger partial charge in [-0.2, -0.15) is 0 Å². The molecule has 2 amide bonds. The lowest BCUT2D eigenvalue weighted by atomic mass is 9.82. The summed E-state index contributed by atoms with van der Waals surface area (Å²) in [6.45, 7) is 5.14. The molecule has 1 fully saturated rings. The highest BCUT2D eigenvalue weighted by Gasteiger charge is 2.66. The van der Waals surface area contributed by atoms with Gasteiger partial charge in [-0.1, -0.05) is 18.2 Å². The Balaban J connectivity index is 1.99. The molecule has 1 unspecified atom stereocenters. The molecule has 0 bridgehead atoms. The minimum Gasteiger partial charge on any atom is -0.507 e. The zero-order valence-electron chi connectivity index (χ0n) is 19.9. The van der Waals surface area contributed by atoms with E-state index >= 15 is 0 Å². The van der Waals surface area contributed by atoms with Gasteiger partial charge in [0, 0.05) is 30.8 Å². The number of hydrogen-bond donors (Lipinski definition) is 1. The molecule has 1 spiro atoms. The molecule has 0 radical (unpaired) electrons. The predicted octanol–water partition coefficient (Wildman–Crippen LogP) is 2.59. The Kier molecular flexibility index (Phi) is 6.18. The summed E-state index contributed by atoms with van der Waals surface area (Å²) < 4.78 is 5.47. The molecule has 4 rings (SSSR count). The van der Waals surface area contributed by atoms with E-state index in [0.717, 1.165) is 0 Å². The number of Topliss-reactive ketones (excluding diaryl/α,β-unsaturated/α-hetero) is 1. The number of ether oxygens (including phenoxy) is 1. The van der Waals surface area contributed by atoms with Crippen LogP contribution in [0.2, 0.25) is 0 Å². The number of anilines is 1. The van der Waals surface area contributed by atoms with Crippen LogP contribution in [0.25, 0.3) is 5.76 Å². The molecule has 0 saturated carbocycles. The lowest BCUT2D eigenvalue weighted by Gasteiger charge is -2.35. The van der Waals surface area contributed by atoms with E-state index in [0.29, 0.717) is 42.3 Å². The summed E-state index contributed by atoms with van der Waals surface area (Å²) in [5, 5.41) is 11.4. The van der Waals surface area contributed by atoms with Crippen molar-refractivity contribution in [1.29, 1.82) is 0 Å². The van der Waals surface area contributed by atoms with Crippen molar-refractivity contribution in [2.24, 2.45) is 0 Å². The van der Waals surface area contributed by atoms with Crippen LogP contribution in [0.4, 0.5) is 5.69 Å². The predicted molar refractivity (Wildman–Crippen MR) is 129 cm³/mol. The number of para-hydroxylation sites is 1. The Morgan fingerprint density at radius 2 is 1.71 bits per heavy atom. The van der Waals surface area contributed by atoms with Crippen molar-refractivity contribution in [3.63, 3.8) is 0 Å². The fraction of sp³-hybridized carbons (Fsp3) is 0.346. The lowest BCUT2D eigenvalue weighted by Crippen LogP contribution is -2.53. The monoisotopic (exact) mass is 463 g/mol. The van der Waals surface area contributed by atoms with Crippen molar-refractivity contribution >= 4 is 29.0 Å². The topological polar surface area (TPSA) is 90.4 Å². The number of rotatable bonds is 7. The van der Waals surface area contributed by atoms with E-state index in [4.69, 9.17) is 4.74 Å². The first-order valence-electron chi connectivity index (χ1n) is 11.4. The first kappa shape index (κ1) is 23.5. The van der Waals surface area contributed by atoms with Crippen LogP contribution in [0, 0.1) is 0 Å². The number of amides is 2. The van der Waals surface area contributed by atoms with E-state index in [-0.39, 0.29) is 17.9 Å². The molecule has 0 aliphatic carbocycles. The van der Waals surface area contributed by atoms with Crippen LogP contribution in [-0.2, 0) is 19.9 Å². The number of aliphatic hydroxyl groups excluding tert-OH is 1. The molecule has 2 aliphatic rings. The summed E-state index contributed by atoms with van der Waals surface area (Å²) in [6, 6.07) is 13.7. The number of benzene rings is 2. The van der Waals surface area contributed by atoms with Gasteiger partial charge < -0.3 is 24.5 Å². The Morgan fingerprint density at radius 3 is 2.32 bits per heavy atom. The Labute approximate surface area is 199 Å². The summed E-state index contributed by atoms with van der Waals surface area (Å²) >= 11 is 0. The van der Waals surface area contributed by atoms with Crippen LogP contribution in [0.1, 0.15) is 25.0 Å². The second kappa shape index (κ2) is 8.95. The highest BCUT2D eigenvalue weighted by molar-refractivity contribution is 6.50. The molecule has 8 nitrogen and oxygen atoms in total. The molecular weight excluding hydrogens is 434 g/mol.